The van der Waals surface area contributed by atoms with Crippen LogP contribution in [0.2, 0.25) is 0 Å². The molecule has 21 heavy (non-hydrogen) atoms. The molecule has 0 aliphatic heterocycles. The van der Waals surface area contributed by atoms with E-state index in [-0.39, 0.29) is 5.41 Å². The Morgan fingerprint density at radius 2 is 1.81 bits per heavy atom. The molecule has 0 saturated heterocycles. The first-order chi connectivity index (χ1) is 9.95. The van der Waals surface area contributed by atoms with Crippen LogP contribution >= 0.6 is 11.8 Å². The van der Waals surface area contributed by atoms with E-state index in [0.29, 0.717) is 5.41 Å². The lowest BCUT2D eigenvalue weighted by molar-refractivity contribution is 0.119. The second-order valence-electron chi connectivity index (χ2n) is 7.44. The maximum Gasteiger partial charge on any atom is 0.0690 e. The molecule has 1 aliphatic carbocycles. The van der Waals surface area contributed by atoms with Crippen molar-refractivity contribution in [1.82, 2.24) is 0 Å². The Labute approximate surface area is 134 Å². The highest BCUT2D eigenvalue weighted by atomic mass is 32.2. The summed E-state index contributed by atoms with van der Waals surface area (Å²) in [6.45, 7) is 7.01. The lowest BCUT2D eigenvalue weighted by Gasteiger charge is -2.40. The fourth-order valence-electron chi connectivity index (χ4n) is 3.34. The summed E-state index contributed by atoms with van der Waals surface area (Å²) in [5.74, 6) is 1.83. The topological polar surface area (TPSA) is 23.8 Å². The standard InChI is InChI=1S/C19H27NS/c1-18(2,3)16-9-11-19(15-20,12-10-16)13-14-21-17-7-5-4-6-8-17/h4-8,16H,9-14H2,1-3H3. The molecule has 1 nitrogen and oxygen atoms in total. The Morgan fingerprint density at radius 3 is 2.33 bits per heavy atom. The van der Waals surface area contributed by atoms with Crippen molar-refractivity contribution in [1.29, 1.82) is 5.26 Å². The summed E-state index contributed by atoms with van der Waals surface area (Å²) >= 11 is 1.88. The van der Waals surface area contributed by atoms with E-state index in [0.717, 1.165) is 30.9 Å². The zero-order valence-electron chi connectivity index (χ0n) is 13.6. The van der Waals surface area contributed by atoms with Gasteiger partial charge in [0.25, 0.3) is 0 Å². The predicted molar refractivity (Wildman–Crippen MR) is 91.2 cm³/mol. The van der Waals surface area contributed by atoms with Gasteiger partial charge in [-0.05, 0) is 61.3 Å². The molecule has 1 aliphatic rings. The Kier molecular flexibility index (Phi) is 5.38. The quantitative estimate of drug-likeness (QED) is 0.645. The average Bonchev–Trinajstić information content (AvgIpc) is 2.48. The van der Waals surface area contributed by atoms with Gasteiger partial charge in [-0.2, -0.15) is 5.26 Å². The van der Waals surface area contributed by atoms with E-state index in [9.17, 15) is 5.26 Å². The van der Waals surface area contributed by atoms with Gasteiger partial charge >= 0.3 is 0 Å². The van der Waals surface area contributed by atoms with Crippen molar-refractivity contribution in [3.05, 3.63) is 30.3 Å². The molecule has 0 N–H and O–H groups in total. The smallest absolute Gasteiger partial charge is 0.0690 e. The van der Waals surface area contributed by atoms with Gasteiger partial charge in [0, 0.05) is 4.90 Å². The van der Waals surface area contributed by atoms with Gasteiger partial charge in [0.1, 0.15) is 0 Å². The molecule has 0 bridgehead atoms. The Balaban J connectivity index is 1.85. The molecule has 0 spiro atoms. The van der Waals surface area contributed by atoms with Crippen LogP contribution in [0.25, 0.3) is 0 Å². The normalized spacial score (nSPS) is 26.3. The van der Waals surface area contributed by atoms with Gasteiger partial charge in [0.15, 0.2) is 0 Å². The molecule has 2 rings (SSSR count). The summed E-state index contributed by atoms with van der Waals surface area (Å²) in [6, 6.07) is 13.2. The highest BCUT2D eigenvalue weighted by molar-refractivity contribution is 7.99. The van der Waals surface area contributed by atoms with Crippen LogP contribution in [0.15, 0.2) is 35.2 Å². The van der Waals surface area contributed by atoms with Crippen molar-refractivity contribution in [2.45, 2.75) is 57.8 Å². The van der Waals surface area contributed by atoms with Gasteiger partial charge in [-0.3, -0.25) is 0 Å². The van der Waals surface area contributed by atoms with Gasteiger partial charge in [-0.25, -0.2) is 0 Å². The Hall–Kier alpha value is -0.940. The largest absolute Gasteiger partial charge is 0.198 e. The van der Waals surface area contributed by atoms with E-state index in [1.807, 2.05) is 11.8 Å². The van der Waals surface area contributed by atoms with Crippen LogP contribution < -0.4 is 0 Å². The van der Waals surface area contributed by atoms with E-state index in [4.69, 9.17) is 0 Å². The number of hydrogen-bond acceptors (Lipinski definition) is 2. The Bertz CT molecular complexity index is 473. The lowest BCUT2D eigenvalue weighted by Crippen LogP contribution is -2.32. The van der Waals surface area contributed by atoms with Gasteiger partial charge in [-0.1, -0.05) is 39.0 Å². The third-order valence-electron chi connectivity index (χ3n) is 5.00. The van der Waals surface area contributed by atoms with Crippen LogP contribution in [0.5, 0.6) is 0 Å². The number of thioether (sulfide) groups is 1. The summed E-state index contributed by atoms with van der Waals surface area (Å²) in [6.07, 6.45) is 5.63. The first-order valence-corrected chi connectivity index (χ1v) is 9.03. The van der Waals surface area contributed by atoms with Gasteiger partial charge in [0.05, 0.1) is 11.5 Å². The van der Waals surface area contributed by atoms with Gasteiger partial charge in [0.2, 0.25) is 0 Å². The number of benzene rings is 1. The fraction of sp³-hybridized carbons (Fsp3) is 0.632. The SMILES string of the molecule is CC(C)(C)C1CCC(C#N)(CCSc2ccccc2)CC1. The maximum atomic E-state index is 9.67. The third-order valence-corrected chi connectivity index (χ3v) is 6.01. The van der Waals surface area contributed by atoms with Crippen molar-refractivity contribution in [3.8, 4) is 6.07 Å². The first kappa shape index (κ1) is 16.4. The molecule has 2 heteroatoms. The predicted octanol–water partition coefficient (Wildman–Crippen LogP) is 5.92. The van der Waals surface area contributed by atoms with E-state index in [1.54, 1.807) is 0 Å². The molecule has 1 saturated carbocycles. The molecule has 0 unspecified atom stereocenters. The lowest BCUT2D eigenvalue weighted by atomic mass is 9.64. The van der Waals surface area contributed by atoms with Crippen LogP contribution in [0, 0.1) is 28.1 Å². The highest BCUT2D eigenvalue weighted by Gasteiger charge is 2.38. The monoisotopic (exact) mass is 301 g/mol. The van der Waals surface area contributed by atoms with Crippen molar-refractivity contribution in [2.24, 2.45) is 16.7 Å². The van der Waals surface area contributed by atoms with E-state index >= 15 is 0 Å². The molecule has 114 valence electrons. The Morgan fingerprint density at radius 1 is 1.19 bits per heavy atom. The molecule has 0 radical (unpaired) electrons. The van der Waals surface area contributed by atoms with E-state index < -0.39 is 0 Å². The van der Waals surface area contributed by atoms with Crippen LogP contribution in [0.1, 0.15) is 52.9 Å². The number of rotatable bonds is 4. The summed E-state index contributed by atoms with van der Waals surface area (Å²) in [4.78, 5) is 1.31. The number of nitriles is 1. The average molecular weight is 301 g/mol. The van der Waals surface area contributed by atoms with Crippen molar-refractivity contribution in [2.75, 3.05) is 5.75 Å². The minimum atomic E-state index is -0.0659. The molecular formula is C19H27NS. The zero-order valence-corrected chi connectivity index (χ0v) is 14.4. The van der Waals surface area contributed by atoms with Gasteiger partial charge in [-0.15, -0.1) is 11.8 Å². The van der Waals surface area contributed by atoms with Crippen molar-refractivity contribution >= 4 is 11.8 Å². The minimum absolute atomic E-state index is 0.0659. The summed E-state index contributed by atoms with van der Waals surface area (Å²) in [7, 11) is 0. The molecule has 0 amide bonds. The van der Waals surface area contributed by atoms with E-state index in [1.165, 1.54) is 17.7 Å². The number of hydrogen-bond donors (Lipinski definition) is 0. The molecule has 0 aromatic heterocycles. The van der Waals surface area contributed by atoms with Crippen LogP contribution in [-0.4, -0.2) is 5.75 Å². The summed E-state index contributed by atoms with van der Waals surface area (Å²) in [5, 5.41) is 9.67. The van der Waals surface area contributed by atoms with Gasteiger partial charge < -0.3 is 0 Å². The summed E-state index contributed by atoms with van der Waals surface area (Å²) < 4.78 is 0. The summed E-state index contributed by atoms with van der Waals surface area (Å²) in [5.41, 5.74) is 0.323. The molecule has 1 fully saturated rings. The zero-order chi connectivity index (χ0) is 15.3. The third kappa shape index (κ3) is 4.51. The molecule has 0 heterocycles. The molecular weight excluding hydrogens is 274 g/mol. The molecule has 1 aromatic rings. The molecule has 0 atom stereocenters. The first-order valence-electron chi connectivity index (χ1n) is 8.04. The fourth-order valence-corrected chi connectivity index (χ4v) is 4.41. The minimum Gasteiger partial charge on any atom is -0.198 e. The van der Waals surface area contributed by atoms with Crippen LogP contribution in [0.3, 0.4) is 0 Å². The maximum absolute atomic E-state index is 9.67. The van der Waals surface area contributed by atoms with Crippen molar-refractivity contribution in [3.63, 3.8) is 0 Å². The highest BCUT2D eigenvalue weighted by Crippen LogP contribution is 2.47. The van der Waals surface area contributed by atoms with Crippen LogP contribution in [0.4, 0.5) is 0 Å². The second-order valence-corrected chi connectivity index (χ2v) is 8.61. The molecule has 1 aromatic carbocycles. The van der Waals surface area contributed by atoms with Crippen LogP contribution in [-0.2, 0) is 0 Å². The number of nitrogens with zero attached hydrogens (tertiary/aromatic N) is 1. The van der Waals surface area contributed by atoms with Crippen molar-refractivity contribution < 1.29 is 0 Å². The van der Waals surface area contributed by atoms with E-state index in [2.05, 4.69) is 57.2 Å². The second kappa shape index (κ2) is 6.88.